The number of hydrogen-bond donors (Lipinski definition) is 1. The van der Waals surface area contributed by atoms with Crippen molar-refractivity contribution in [2.75, 3.05) is 20.6 Å². The maximum Gasteiger partial charge on any atom is 0.144 e. The van der Waals surface area contributed by atoms with Crippen LogP contribution in [0.4, 0.5) is 8.78 Å². The SMILES string of the molecule is CC(CCN(C)C)NCc1c(F)ccc(Br)c1F. The van der Waals surface area contributed by atoms with E-state index in [0.29, 0.717) is 4.47 Å². The van der Waals surface area contributed by atoms with Crippen molar-refractivity contribution in [1.82, 2.24) is 10.2 Å². The summed E-state index contributed by atoms with van der Waals surface area (Å²) in [5.74, 6) is -1.04. The molecule has 102 valence electrons. The molecule has 0 amide bonds. The molecule has 1 N–H and O–H groups in total. The lowest BCUT2D eigenvalue weighted by Crippen LogP contribution is -2.30. The summed E-state index contributed by atoms with van der Waals surface area (Å²) in [5, 5.41) is 3.14. The molecule has 0 heterocycles. The van der Waals surface area contributed by atoms with Gasteiger partial charge in [-0.05, 0) is 62.0 Å². The molecular formula is C13H19BrF2N2. The Hall–Kier alpha value is -0.520. The van der Waals surface area contributed by atoms with Gasteiger partial charge in [0.15, 0.2) is 0 Å². The Bertz CT molecular complexity index is 397. The second kappa shape index (κ2) is 7.16. The first-order valence-electron chi connectivity index (χ1n) is 5.92. The van der Waals surface area contributed by atoms with Crippen LogP contribution in [0.3, 0.4) is 0 Å². The molecule has 0 spiro atoms. The molecule has 1 aromatic rings. The summed E-state index contributed by atoms with van der Waals surface area (Å²) in [5.41, 5.74) is 0.0843. The van der Waals surface area contributed by atoms with E-state index in [-0.39, 0.29) is 18.2 Å². The molecule has 0 bridgehead atoms. The van der Waals surface area contributed by atoms with Crippen molar-refractivity contribution in [3.05, 3.63) is 33.8 Å². The monoisotopic (exact) mass is 320 g/mol. The van der Waals surface area contributed by atoms with E-state index in [9.17, 15) is 8.78 Å². The Labute approximate surface area is 115 Å². The summed E-state index contributed by atoms with van der Waals surface area (Å²) in [4.78, 5) is 2.08. The third-order valence-electron chi connectivity index (χ3n) is 2.78. The number of nitrogens with zero attached hydrogens (tertiary/aromatic N) is 1. The summed E-state index contributed by atoms with van der Waals surface area (Å²) < 4.78 is 27.5. The van der Waals surface area contributed by atoms with Crippen LogP contribution in [0.1, 0.15) is 18.9 Å². The maximum absolute atomic E-state index is 13.7. The summed E-state index contributed by atoms with van der Waals surface area (Å²) in [6.07, 6.45) is 0.935. The normalized spacial score (nSPS) is 13.1. The van der Waals surface area contributed by atoms with Gasteiger partial charge >= 0.3 is 0 Å². The van der Waals surface area contributed by atoms with Gasteiger partial charge in [0.25, 0.3) is 0 Å². The Balaban J connectivity index is 2.55. The molecule has 18 heavy (non-hydrogen) atoms. The first-order chi connectivity index (χ1) is 8.41. The molecule has 1 unspecified atom stereocenters. The number of nitrogens with one attached hydrogen (secondary N) is 1. The van der Waals surface area contributed by atoms with Crippen molar-refractivity contribution in [2.45, 2.75) is 25.9 Å². The first kappa shape index (κ1) is 15.5. The second-order valence-corrected chi connectivity index (χ2v) is 5.55. The Morgan fingerprint density at radius 3 is 2.61 bits per heavy atom. The van der Waals surface area contributed by atoms with E-state index in [1.165, 1.54) is 12.1 Å². The van der Waals surface area contributed by atoms with Crippen LogP contribution >= 0.6 is 15.9 Å². The van der Waals surface area contributed by atoms with Crippen molar-refractivity contribution in [1.29, 1.82) is 0 Å². The zero-order valence-corrected chi connectivity index (χ0v) is 12.5. The van der Waals surface area contributed by atoms with Gasteiger partial charge in [0.05, 0.1) is 4.47 Å². The quantitative estimate of drug-likeness (QED) is 0.810. The van der Waals surface area contributed by atoms with Gasteiger partial charge in [-0.1, -0.05) is 0 Å². The molecule has 0 aliphatic carbocycles. The number of benzene rings is 1. The average Bonchev–Trinajstić information content (AvgIpc) is 2.31. The molecule has 0 aliphatic rings. The van der Waals surface area contributed by atoms with Crippen LogP contribution in [-0.4, -0.2) is 31.6 Å². The minimum absolute atomic E-state index is 0.0843. The van der Waals surface area contributed by atoms with Crippen molar-refractivity contribution < 1.29 is 8.78 Å². The van der Waals surface area contributed by atoms with E-state index in [1.807, 2.05) is 21.0 Å². The van der Waals surface area contributed by atoms with E-state index < -0.39 is 11.6 Å². The third-order valence-corrected chi connectivity index (χ3v) is 3.39. The first-order valence-corrected chi connectivity index (χ1v) is 6.71. The molecule has 2 nitrogen and oxygen atoms in total. The smallest absolute Gasteiger partial charge is 0.144 e. The van der Waals surface area contributed by atoms with Gasteiger partial charge < -0.3 is 10.2 Å². The standard InChI is InChI=1S/C13H19BrF2N2/c1-9(6-7-18(2)3)17-8-10-12(15)5-4-11(14)13(10)16/h4-5,9,17H,6-8H2,1-3H3. The third kappa shape index (κ3) is 4.63. The minimum atomic E-state index is -0.526. The summed E-state index contributed by atoms with van der Waals surface area (Å²) in [6, 6.07) is 2.86. The van der Waals surface area contributed by atoms with Crippen molar-refractivity contribution in [2.24, 2.45) is 0 Å². The van der Waals surface area contributed by atoms with Crippen LogP contribution in [0.2, 0.25) is 0 Å². The highest BCUT2D eigenvalue weighted by Crippen LogP contribution is 2.21. The van der Waals surface area contributed by atoms with Gasteiger partial charge in [-0.2, -0.15) is 0 Å². The minimum Gasteiger partial charge on any atom is -0.310 e. The van der Waals surface area contributed by atoms with E-state index >= 15 is 0 Å². The van der Waals surface area contributed by atoms with Gasteiger partial charge in [-0.25, -0.2) is 8.78 Å². The van der Waals surface area contributed by atoms with E-state index in [4.69, 9.17) is 0 Å². The topological polar surface area (TPSA) is 15.3 Å². The van der Waals surface area contributed by atoms with Crippen molar-refractivity contribution >= 4 is 15.9 Å². The molecule has 0 saturated heterocycles. The highest BCUT2D eigenvalue weighted by molar-refractivity contribution is 9.10. The Morgan fingerprint density at radius 2 is 2.00 bits per heavy atom. The van der Waals surface area contributed by atoms with Crippen molar-refractivity contribution in [3.8, 4) is 0 Å². The van der Waals surface area contributed by atoms with E-state index in [2.05, 4.69) is 26.1 Å². The van der Waals surface area contributed by atoms with Crippen LogP contribution in [0.5, 0.6) is 0 Å². The summed E-state index contributed by atoms with van der Waals surface area (Å²) in [6.45, 7) is 3.15. The molecule has 0 aromatic heterocycles. The molecule has 1 rings (SSSR count). The Kier molecular flexibility index (Phi) is 6.18. The fourth-order valence-corrected chi connectivity index (χ4v) is 1.93. The molecule has 5 heteroatoms. The average molecular weight is 321 g/mol. The number of halogens is 3. The zero-order valence-electron chi connectivity index (χ0n) is 10.9. The summed E-state index contributed by atoms with van der Waals surface area (Å²) in [7, 11) is 4.00. The van der Waals surface area contributed by atoms with E-state index in [0.717, 1.165) is 13.0 Å². The van der Waals surface area contributed by atoms with Gasteiger partial charge in [0.1, 0.15) is 11.6 Å². The highest BCUT2D eigenvalue weighted by atomic mass is 79.9. The molecule has 0 saturated carbocycles. The van der Waals surface area contributed by atoms with Gasteiger partial charge in [0.2, 0.25) is 0 Å². The predicted octanol–water partition coefficient (Wildman–Crippen LogP) is 3.16. The van der Waals surface area contributed by atoms with E-state index in [1.54, 1.807) is 0 Å². The van der Waals surface area contributed by atoms with Crippen LogP contribution < -0.4 is 5.32 Å². The van der Waals surface area contributed by atoms with Crippen molar-refractivity contribution in [3.63, 3.8) is 0 Å². The lowest BCUT2D eigenvalue weighted by molar-refractivity contribution is 0.363. The predicted molar refractivity (Wildman–Crippen MR) is 73.5 cm³/mol. The van der Waals surface area contributed by atoms with Crippen LogP contribution in [-0.2, 0) is 6.54 Å². The Morgan fingerprint density at radius 1 is 1.33 bits per heavy atom. The fourth-order valence-electron chi connectivity index (χ4n) is 1.56. The maximum atomic E-state index is 13.7. The van der Waals surface area contributed by atoms with Crippen LogP contribution in [0, 0.1) is 11.6 Å². The summed E-state index contributed by atoms with van der Waals surface area (Å²) >= 11 is 3.06. The molecular weight excluding hydrogens is 302 g/mol. The lowest BCUT2D eigenvalue weighted by Gasteiger charge is -2.17. The largest absolute Gasteiger partial charge is 0.310 e. The lowest BCUT2D eigenvalue weighted by atomic mass is 10.1. The fraction of sp³-hybridized carbons (Fsp3) is 0.538. The van der Waals surface area contributed by atoms with Crippen LogP contribution in [0.25, 0.3) is 0 Å². The highest BCUT2D eigenvalue weighted by Gasteiger charge is 2.13. The van der Waals surface area contributed by atoms with Gasteiger partial charge in [-0.15, -0.1) is 0 Å². The zero-order chi connectivity index (χ0) is 13.7. The molecule has 0 aliphatic heterocycles. The molecule has 1 atom stereocenters. The number of hydrogen-bond acceptors (Lipinski definition) is 2. The molecule has 0 radical (unpaired) electrons. The number of rotatable bonds is 6. The van der Waals surface area contributed by atoms with Gasteiger partial charge in [-0.3, -0.25) is 0 Å². The van der Waals surface area contributed by atoms with Crippen LogP contribution in [0.15, 0.2) is 16.6 Å². The molecule has 0 fully saturated rings. The molecule has 1 aromatic carbocycles. The second-order valence-electron chi connectivity index (χ2n) is 4.70. The van der Waals surface area contributed by atoms with Gasteiger partial charge in [0, 0.05) is 18.2 Å².